The van der Waals surface area contributed by atoms with Crippen molar-refractivity contribution >= 4 is 21.7 Å². The van der Waals surface area contributed by atoms with Crippen LogP contribution < -0.4 is 5.32 Å². The fourth-order valence-electron chi connectivity index (χ4n) is 5.46. The van der Waals surface area contributed by atoms with Crippen LogP contribution in [0, 0.1) is 35.8 Å². The van der Waals surface area contributed by atoms with Crippen molar-refractivity contribution in [2.75, 3.05) is 13.1 Å². The number of benzene rings is 2. The topological polar surface area (TPSA) is 50.1 Å². The van der Waals surface area contributed by atoms with Crippen LogP contribution in [0.25, 0.3) is 32.9 Å². The summed E-state index contributed by atoms with van der Waals surface area (Å²) in [5, 5.41) is 15.3. The normalized spacial score (nSPS) is 22.1. The van der Waals surface area contributed by atoms with Gasteiger partial charge in [0, 0.05) is 35.8 Å². The van der Waals surface area contributed by atoms with E-state index in [0.717, 1.165) is 24.0 Å². The van der Waals surface area contributed by atoms with Crippen LogP contribution in [0.5, 0.6) is 5.75 Å². The highest BCUT2D eigenvalue weighted by Crippen LogP contribution is 2.57. The van der Waals surface area contributed by atoms with E-state index in [0.29, 0.717) is 34.0 Å². The Morgan fingerprint density at radius 3 is 2.74 bits per heavy atom. The monoisotopic (exact) mass is 415 g/mol. The average molecular weight is 415 g/mol. The SMILES string of the molecule is C#Cc1c(F)ccc2cc(O)cc(-c3ncc4c(C5C6CNC[C@@H]65)cn(C)c4c3F)c12. The number of piperidine rings is 1. The molecule has 3 atom stereocenters. The number of phenolic OH excluding ortho intramolecular Hbond substituents is 1. The summed E-state index contributed by atoms with van der Waals surface area (Å²) in [5.41, 5.74) is 1.92. The summed E-state index contributed by atoms with van der Waals surface area (Å²) in [4.78, 5) is 4.44. The Labute approximate surface area is 177 Å². The molecule has 4 aromatic rings. The minimum atomic E-state index is -0.571. The summed E-state index contributed by atoms with van der Waals surface area (Å²) in [6.45, 7) is 1.99. The van der Waals surface area contributed by atoms with Gasteiger partial charge in [-0.15, -0.1) is 6.42 Å². The molecular formula is C25H19F2N3O. The van der Waals surface area contributed by atoms with Crippen LogP contribution in [0.1, 0.15) is 17.0 Å². The van der Waals surface area contributed by atoms with Crippen molar-refractivity contribution in [1.82, 2.24) is 14.9 Å². The largest absolute Gasteiger partial charge is 0.508 e. The fourth-order valence-corrected chi connectivity index (χ4v) is 5.46. The number of hydrogen-bond acceptors (Lipinski definition) is 3. The second-order valence-corrected chi connectivity index (χ2v) is 8.55. The molecule has 1 aliphatic carbocycles. The van der Waals surface area contributed by atoms with Gasteiger partial charge in [0.05, 0.1) is 11.1 Å². The van der Waals surface area contributed by atoms with Gasteiger partial charge in [0.15, 0.2) is 5.82 Å². The second-order valence-electron chi connectivity index (χ2n) is 8.55. The van der Waals surface area contributed by atoms with Crippen LogP contribution >= 0.6 is 0 Å². The molecule has 6 heteroatoms. The van der Waals surface area contributed by atoms with E-state index >= 15 is 4.39 Å². The quantitative estimate of drug-likeness (QED) is 0.480. The van der Waals surface area contributed by atoms with Gasteiger partial charge in [-0.3, -0.25) is 4.98 Å². The van der Waals surface area contributed by atoms with Gasteiger partial charge in [0.2, 0.25) is 0 Å². The van der Waals surface area contributed by atoms with Crippen LogP contribution in [0.15, 0.2) is 36.7 Å². The lowest BCUT2D eigenvalue weighted by Crippen LogP contribution is -2.13. The molecule has 1 aliphatic heterocycles. The maximum absolute atomic E-state index is 15.9. The van der Waals surface area contributed by atoms with Crippen molar-refractivity contribution in [2.45, 2.75) is 5.92 Å². The Morgan fingerprint density at radius 1 is 1.23 bits per heavy atom. The Bertz CT molecular complexity index is 1440. The molecule has 2 N–H and O–H groups in total. The zero-order chi connectivity index (χ0) is 21.4. The van der Waals surface area contributed by atoms with Gasteiger partial charge < -0.3 is 15.0 Å². The zero-order valence-electron chi connectivity index (χ0n) is 16.8. The third kappa shape index (κ3) is 2.47. The average Bonchev–Trinajstić information content (AvgIpc) is 3.07. The van der Waals surface area contributed by atoms with Gasteiger partial charge in [-0.2, -0.15) is 0 Å². The van der Waals surface area contributed by atoms with Crippen molar-refractivity contribution in [3.63, 3.8) is 0 Å². The predicted molar refractivity (Wildman–Crippen MR) is 116 cm³/mol. The van der Waals surface area contributed by atoms with Crippen LogP contribution in [0.3, 0.4) is 0 Å². The summed E-state index contributed by atoms with van der Waals surface area (Å²) < 4.78 is 32.1. The van der Waals surface area contributed by atoms with E-state index in [1.807, 2.05) is 13.2 Å². The molecule has 31 heavy (non-hydrogen) atoms. The Balaban J connectivity index is 1.61. The number of phenols is 1. The lowest BCUT2D eigenvalue weighted by atomic mass is 9.95. The summed E-state index contributed by atoms with van der Waals surface area (Å²) in [6.07, 6.45) is 9.25. The molecular weight excluding hydrogens is 396 g/mol. The Hall–Kier alpha value is -3.43. The molecule has 2 aliphatic rings. The minimum Gasteiger partial charge on any atom is -0.508 e. The standard InChI is InChI=1S/C25H19F2N3O/c1-3-14-20(26)5-4-12-6-13(31)7-15(21(12)14)24-23(27)25-18(10-29-24)19(11-30(25)2)22-16-8-28-9-17(16)22/h1,4-7,10-11,16-17,22,28,31H,8-9H2,2H3/t16-,17?,22?/m0/s1. The highest BCUT2D eigenvalue weighted by Gasteiger charge is 2.54. The number of aromatic nitrogens is 2. The number of nitrogens with zero attached hydrogens (tertiary/aromatic N) is 2. The molecule has 154 valence electrons. The first-order valence-electron chi connectivity index (χ1n) is 10.3. The number of halogens is 2. The number of aryl methyl sites for hydroxylation is 1. The van der Waals surface area contributed by atoms with E-state index in [1.54, 1.807) is 10.8 Å². The zero-order valence-corrected chi connectivity index (χ0v) is 16.8. The molecule has 1 saturated heterocycles. The van der Waals surface area contributed by atoms with Crippen LogP contribution in [-0.2, 0) is 7.05 Å². The van der Waals surface area contributed by atoms with Crippen molar-refractivity contribution in [1.29, 1.82) is 0 Å². The number of rotatable bonds is 2. The minimum absolute atomic E-state index is 0.0275. The van der Waals surface area contributed by atoms with Gasteiger partial charge in [-0.25, -0.2) is 8.78 Å². The van der Waals surface area contributed by atoms with Crippen molar-refractivity contribution in [3.05, 3.63) is 59.4 Å². The van der Waals surface area contributed by atoms with Gasteiger partial charge >= 0.3 is 0 Å². The van der Waals surface area contributed by atoms with Crippen molar-refractivity contribution in [3.8, 4) is 29.4 Å². The number of hydrogen-bond donors (Lipinski definition) is 2. The molecule has 2 unspecified atom stereocenters. The molecule has 2 aromatic carbocycles. The van der Waals surface area contributed by atoms with Gasteiger partial charge in [0.1, 0.15) is 17.3 Å². The van der Waals surface area contributed by atoms with Crippen LogP contribution in [0.4, 0.5) is 8.78 Å². The number of fused-ring (bicyclic) bond motifs is 3. The van der Waals surface area contributed by atoms with Crippen molar-refractivity contribution in [2.24, 2.45) is 18.9 Å². The molecule has 4 nitrogen and oxygen atoms in total. The molecule has 0 amide bonds. The summed E-state index contributed by atoms with van der Waals surface area (Å²) in [7, 11) is 1.82. The molecule has 1 saturated carbocycles. The van der Waals surface area contributed by atoms with E-state index in [1.165, 1.54) is 24.3 Å². The molecule has 3 heterocycles. The highest BCUT2D eigenvalue weighted by atomic mass is 19.1. The van der Waals surface area contributed by atoms with E-state index in [4.69, 9.17) is 6.42 Å². The van der Waals surface area contributed by atoms with E-state index < -0.39 is 11.6 Å². The number of terminal acetylenes is 1. The highest BCUT2D eigenvalue weighted by molar-refractivity contribution is 6.02. The lowest BCUT2D eigenvalue weighted by Gasteiger charge is -2.12. The Kier molecular flexibility index (Phi) is 3.72. The number of aromatic hydroxyl groups is 1. The summed E-state index contributed by atoms with van der Waals surface area (Å²) in [6, 6.07) is 5.64. The van der Waals surface area contributed by atoms with E-state index in [-0.39, 0.29) is 22.6 Å². The fraction of sp³-hybridized carbons (Fsp3) is 0.240. The molecule has 2 aromatic heterocycles. The third-order valence-corrected chi connectivity index (χ3v) is 6.89. The molecule has 2 fully saturated rings. The molecule has 0 radical (unpaired) electrons. The molecule has 6 rings (SSSR count). The first-order valence-corrected chi connectivity index (χ1v) is 10.3. The molecule has 0 spiro atoms. The first kappa shape index (κ1) is 18.3. The van der Waals surface area contributed by atoms with Gasteiger partial charge in [0.25, 0.3) is 0 Å². The smallest absolute Gasteiger partial charge is 0.173 e. The van der Waals surface area contributed by atoms with Crippen LogP contribution in [-0.4, -0.2) is 27.7 Å². The first-order chi connectivity index (χ1) is 15.0. The second kappa shape index (κ2) is 6.29. The maximum Gasteiger partial charge on any atom is 0.173 e. The number of pyridine rings is 1. The maximum atomic E-state index is 15.9. The summed E-state index contributed by atoms with van der Waals surface area (Å²) >= 11 is 0. The van der Waals surface area contributed by atoms with Gasteiger partial charge in [-0.05, 0) is 60.0 Å². The molecule has 0 bridgehead atoms. The lowest BCUT2D eigenvalue weighted by molar-refractivity contribution is 0.476. The van der Waals surface area contributed by atoms with Crippen molar-refractivity contribution < 1.29 is 13.9 Å². The summed E-state index contributed by atoms with van der Waals surface area (Å²) in [5.74, 6) is 2.86. The number of nitrogens with one attached hydrogen (secondary N) is 1. The third-order valence-electron chi connectivity index (χ3n) is 6.89. The predicted octanol–water partition coefficient (Wildman–Crippen LogP) is 4.29. The van der Waals surface area contributed by atoms with Gasteiger partial charge in [-0.1, -0.05) is 12.0 Å². The van der Waals surface area contributed by atoms with E-state index in [2.05, 4.69) is 16.2 Å². The Morgan fingerprint density at radius 2 is 2.00 bits per heavy atom. The van der Waals surface area contributed by atoms with E-state index in [9.17, 15) is 9.50 Å². The van der Waals surface area contributed by atoms with Crippen LogP contribution in [0.2, 0.25) is 0 Å².